The minimum Gasteiger partial charge on any atom is -0.300 e. The van der Waals surface area contributed by atoms with Crippen LogP contribution in [0.1, 0.15) is 11.3 Å². The largest absolute Gasteiger partial charge is 0.332 e. The highest BCUT2D eigenvalue weighted by Gasteiger charge is 2.20. The first-order valence-corrected chi connectivity index (χ1v) is 10.8. The number of hydrogen-bond acceptors (Lipinski definition) is 7. The quantitative estimate of drug-likeness (QED) is 0.375. The van der Waals surface area contributed by atoms with Gasteiger partial charge in [0.15, 0.2) is 16.3 Å². The fraction of sp³-hybridized carbons (Fsp3) is 0.200. The molecule has 33 heavy (non-hydrogen) atoms. The van der Waals surface area contributed by atoms with Gasteiger partial charge in [-0.3, -0.25) is 23.8 Å². The summed E-state index contributed by atoms with van der Waals surface area (Å²) in [5.74, 6) is 0.0602. The molecule has 0 amide bonds. The third-order valence-electron chi connectivity index (χ3n) is 5.26. The summed E-state index contributed by atoms with van der Waals surface area (Å²) in [5.41, 5.74) is -0.165. The maximum Gasteiger partial charge on any atom is 0.332 e. The first kappa shape index (κ1) is 20.9. The van der Waals surface area contributed by atoms with Crippen LogP contribution in [0.2, 0.25) is 0 Å². The number of H-pyrrole nitrogens is 1. The zero-order valence-electron chi connectivity index (χ0n) is 17.5. The molecule has 168 valence electrons. The molecule has 0 bridgehead atoms. The molecule has 0 aliphatic rings. The molecule has 0 atom stereocenters. The van der Waals surface area contributed by atoms with Crippen molar-refractivity contribution < 1.29 is 4.39 Å². The maximum atomic E-state index is 14.4. The van der Waals surface area contributed by atoms with Gasteiger partial charge in [-0.05, 0) is 6.07 Å². The van der Waals surface area contributed by atoms with Crippen LogP contribution in [0.25, 0.3) is 16.9 Å². The van der Waals surface area contributed by atoms with Crippen LogP contribution in [0.5, 0.6) is 0 Å². The number of benzene rings is 1. The predicted octanol–water partition coefficient (Wildman–Crippen LogP) is 0.644. The summed E-state index contributed by atoms with van der Waals surface area (Å²) in [7, 11) is 2.91. The maximum absolute atomic E-state index is 14.4. The van der Waals surface area contributed by atoms with E-state index in [1.165, 1.54) is 53.4 Å². The van der Waals surface area contributed by atoms with E-state index in [1.807, 2.05) is 0 Å². The second kappa shape index (κ2) is 7.85. The van der Waals surface area contributed by atoms with E-state index in [4.69, 9.17) is 0 Å². The molecule has 1 aromatic carbocycles. The van der Waals surface area contributed by atoms with E-state index in [-0.39, 0.29) is 34.8 Å². The number of halogens is 1. The van der Waals surface area contributed by atoms with E-state index in [0.29, 0.717) is 16.4 Å². The third kappa shape index (κ3) is 3.46. The minimum absolute atomic E-state index is 0.0560. The van der Waals surface area contributed by atoms with Crippen molar-refractivity contribution in [3.8, 4) is 0 Å². The lowest BCUT2D eigenvalue weighted by atomic mass is 10.2. The van der Waals surface area contributed by atoms with Gasteiger partial charge in [-0.15, -0.1) is 0 Å². The Morgan fingerprint density at radius 2 is 1.88 bits per heavy atom. The van der Waals surface area contributed by atoms with Gasteiger partial charge in [-0.1, -0.05) is 30.0 Å². The van der Waals surface area contributed by atoms with Crippen molar-refractivity contribution >= 4 is 28.7 Å². The second-order valence-electron chi connectivity index (χ2n) is 7.35. The highest BCUT2D eigenvalue weighted by molar-refractivity contribution is 7.98. The smallest absolute Gasteiger partial charge is 0.300 e. The average Bonchev–Trinajstić information content (AvgIpc) is 3.42. The number of aromatic amines is 1. The summed E-state index contributed by atoms with van der Waals surface area (Å²) >= 11 is 1.22. The lowest BCUT2D eigenvalue weighted by molar-refractivity contribution is 0.589. The van der Waals surface area contributed by atoms with Crippen molar-refractivity contribution in [2.24, 2.45) is 14.1 Å². The molecule has 13 heteroatoms. The molecule has 0 aliphatic carbocycles. The number of nitrogens with one attached hydrogen (secondary N) is 1. The average molecular weight is 468 g/mol. The Kier molecular flexibility index (Phi) is 4.96. The van der Waals surface area contributed by atoms with Gasteiger partial charge in [-0.25, -0.2) is 24.1 Å². The van der Waals surface area contributed by atoms with Crippen molar-refractivity contribution in [2.45, 2.75) is 17.5 Å². The molecule has 0 saturated carbocycles. The molecule has 5 aromatic rings. The molecule has 0 saturated heterocycles. The van der Waals surface area contributed by atoms with Gasteiger partial charge in [-0.2, -0.15) is 4.52 Å². The number of nitrogens with zero attached hydrogens (tertiary/aromatic N) is 7. The van der Waals surface area contributed by atoms with Crippen LogP contribution < -0.4 is 16.8 Å². The number of aromatic nitrogens is 8. The number of fused-ring (bicyclic) bond motifs is 2. The van der Waals surface area contributed by atoms with E-state index < -0.39 is 17.1 Å². The molecule has 0 radical (unpaired) electrons. The van der Waals surface area contributed by atoms with E-state index in [1.54, 1.807) is 22.8 Å². The summed E-state index contributed by atoms with van der Waals surface area (Å²) in [5, 5.41) is 3.06. The SMILES string of the molecule is Cn1c(=O)c2nc(SCc3cc(=O)n4[nH]cnc4n3)n(Cc3ccccc3F)c2n(C)c1=O. The van der Waals surface area contributed by atoms with Gasteiger partial charge < -0.3 is 4.57 Å². The monoisotopic (exact) mass is 468 g/mol. The number of thioether (sulfide) groups is 1. The molecule has 11 nitrogen and oxygen atoms in total. The van der Waals surface area contributed by atoms with Crippen molar-refractivity contribution in [2.75, 3.05) is 0 Å². The Labute approximate surface area is 188 Å². The van der Waals surface area contributed by atoms with Gasteiger partial charge in [0.25, 0.3) is 16.9 Å². The molecule has 4 heterocycles. The predicted molar refractivity (Wildman–Crippen MR) is 119 cm³/mol. The van der Waals surface area contributed by atoms with Crippen LogP contribution in [0.15, 0.2) is 56.2 Å². The molecular weight excluding hydrogens is 451 g/mol. The fourth-order valence-corrected chi connectivity index (χ4v) is 4.49. The van der Waals surface area contributed by atoms with Gasteiger partial charge in [0, 0.05) is 31.5 Å². The zero-order valence-corrected chi connectivity index (χ0v) is 18.3. The van der Waals surface area contributed by atoms with Crippen LogP contribution in [-0.4, -0.2) is 38.3 Å². The molecular formula is C20H17FN8O3S. The summed E-state index contributed by atoms with van der Waals surface area (Å²) in [6, 6.07) is 7.63. The van der Waals surface area contributed by atoms with Crippen LogP contribution in [0, 0.1) is 5.82 Å². The van der Waals surface area contributed by atoms with E-state index in [0.717, 1.165) is 4.57 Å². The zero-order chi connectivity index (χ0) is 23.3. The van der Waals surface area contributed by atoms with Crippen molar-refractivity contribution in [1.29, 1.82) is 0 Å². The fourth-order valence-electron chi connectivity index (χ4n) is 3.60. The Hall–Kier alpha value is -4.00. The highest BCUT2D eigenvalue weighted by atomic mass is 32.2. The van der Waals surface area contributed by atoms with E-state index >= 15 is 0 Å². The Balaban J connectivity index is 1.63. The van der Waals surface area contributed by atoms with Gasteiger partial charge in [0.05, 0.1) is 12.2 Å². The molecule has 0 unspecified atom stereocenters. The molecule has 5 rings (SSSR count). The Morgan fingerprint density at radius 1 is 1.09 bits per heavy atom. The Morgan fingerprint density at radius 3 is 2.67 bits per heavy atom. The van der Waals surface area contributed by atoms with Crippen molar-refractivity contribution in [3.63, 3.8) is 0 Å². The molecule has 0 spiro atoms. The van der Waals surface area contributed by atoms with Crippen molar-refractivity contribution in [1.82, 2.24) is 38.3 Å². The summed E-state index contributed by atoms with van der Waals surface area (Å²) < 4.78 is 19.5. The molecule has 0 fully saturated rings. The van der Waals surface area contributed by atoms with E-state index in [2.05, 4.69) is 20.1 Å². The number of aryl methyl sites for hydroxylation is 1. The van der Waals surface area contributed by atoms with Crippen LogP contribution in [-0.2, 0) is 26.4 Å². The van der Waals surface area contributed by atoms with Gasteiger partial charge >= 0.3 is 5.69 Å². The summed E-state index contributed by atoms with van der Waals surface area (Å²) in [4.78, 5) is 50.3. The van der Waals surface area contributed by atoms with Crippen LogP contribution in [0.3, 0.4) is 0 Å². The molecule has 1 N–H and O–H groups in total. The highest BCUT2D eigenvalue weighted by Crippen LogP contribution is 2.26. The van der Waals surface area contributed by atoms with Crippen LogP contribution in [0.4, 0.5) is 4.39 Å². The lowest BCUT2D eigenvalue weighted by Gasteiger charge is -2.12. The normalized spacial score (nSPS) is 11.6. The topological polar surface area (TPSA) is 125 Å². The number of hydrogen-bond donors (Lipinski definition) is 1. The van der Waals surface area contributed by atoms with Crippen LogP contribution >= 0.6 is 11.8 Å². The minimum atomic E-state index is -0.545. The van der Waals surface area contributed by atoms with E-state index in [9.17, 15) is 18.8 Å². The first-order valence-electron chi connectivity index (χ1n) is 9.79. The van der Waals surface area contributed by atoms with Gasteiger partial charge in [0.1, 0.15) is 12.1 Å². The summed E-state index contributed by atoms with van der Waals surface area (Å²) in [6.45, 7) is 0.0560. The Bertz CT molecular complexity index is 1710. The number of imidazole rings is 1. The summed E-state index contributed by atoms with van der Waals surface area (Å²) in [6.07, 6.45) is 1.37. The third-order valence-corrected chi connectivity index (χ3v) is 6.27. The number of rotatable bonds is 5. The lowest BCUT2D eigenvalue weighted by Crippen LogP contribution is -2.37. The van der Waals surface area contributed by atoms with Gasteiger partial charge in [0.2, 0.25) is 0 Å². The standard InChI is InChI=1S/C20H17FN8O3S/c1-26-16-15(17(31)27(2)20(26)32)25-19(28(16)8-11-5-3-4-6-13(11)21)33-9-12-7-14(30)29-18(24-12)22-10-23-29/h3-7,10H,8-9H2,1-2H3,(H,22,23,24). The molecule has 4 aromatic heterocycles. The second-order valence-corrected chi connectivity index (χ2v) is 8.29. The first-order chi connectivity index (χ1) is 15.8. The molecule has 0 aliphatic heterocycles. The van der Waals surface area contributed by atoms with Crippen molar-refractivity contribution in [3.05, 3.63) is 84.9 Å².